The summed E-state index contributed by atoms with van der Waals surface area (Å²) in [6.07, 6.45) is 3.99. The number of nitrogens with zero attached hydrogens (tertiary/aromatic N) is 1. The largest absolute Gasteiger partial charge is 0.490 e. The number of nitrogens with one attached hydrogen (secondary N) is 1. The monoisotopic (exact) mass is 480 g/mol. The molecule has 0 saturated heterocycles. The lowest BCUT2D eigenvalue weighted by Crippen LogP contribution is -2.19. The molecule has 1 amide bonds. The highest BCUT2D eigenvalue weighted by molar-refractivity contribution is 6.30. The van der Waals surface area contributed by atoms with Crippen LogP contribution in [0.15, 0.2) is 78.4 Å². The average molecular weight is 481 g/mol. The van der Waals surface area contributed by atoms with Crippen molar-refractivity contribution in [3.8, 4) is 11.5 Å². The molecule has 3 rings (SSSR count). The Morgan fingerprint density at radius 3 is 2.47 bits per heavy atom. The zero-order valence-corrected chi connectivity index (χ0v) is 19.6. The van der Waals surface area contributed by atoms with E-state index >= 15 is 0 Å². The van der Waals surface area contributed by atoms with E-state index in [-0.39, 0.29) is 18.1 Å². The Kier molecular flexibility index (Phi) is 9.23. The molecule has 0 atom stereocenters. The fourth-order valence-electron chi connectivity index (χ4n) is 3.23. The van der Waals surface area contributed by atoms with E-state index in [0.717, 1.165) is 16.7 Å². The van der Waals surface area contributed by atoms with Crippen LogP contribution < -0.4 is 14.9 Å². The second kappa shape index (κ2) is 12.6. The van der Waals surface area contributed by atoms with Crippen LogP contribution in [-0.2, 0) is 24.2 Å². The summed E-state index contributed by atoms with van der Waals surface area (Å²) in [7, 11) is 0. The second-order valence-electron chi connectivity index (χ2n) is 7.44. The molecule has 0 aliphatic heterocycles. The molecule has 0 spiro atoms. The number of hydrogen-bond acceptors (Lipinski definition) is 4. The lowest BCUT2D eigenvalue weighted by Gasteiger charge is -2.17. The van der Waals surface area contributed by atoms with Gasteiger partial charge in [-0.3, -0.25) is 4.79 Å². The quantitative estimate of drug-likeness (QED) is 0.212. The molecule has 0 aliphatic rings. The Hall–Kier alpha value is -3.64. The molecule has 0 heterocycles. The van der Waals surface area contributed by atoms with E-state index in [1.807, 2.05) is 43.3 Å². The van der Waals surface area contributed by atoms with Crippen LogP contribution in [0.4, 0.5) is 4.39 Å². The van der Waals surface area contributed by atoms with Crippen LogP contribution in [0.2, 0.25) is 5.02 Å². The molecule has 0 radical (unpaired) electrons. The van der Waals surface area contributed by atoms with Crippen molar-refractivity contribution in [3.63, 3.8) is 0 Å². The van der Waals surface area contributed by atoms with E-state index < -0.39 is 0 Å². The third-order valence-corrected chi connectivity index (χ3v) is 5.05. The second-order valence-corrected chi connectivity index (χ2v) is 7.88. The predicted molar refractivity (Wildman–Crippen MR) is 133 cm³/mol. The SMILES string of the molecule is C=CCc1cc(/C=N/NC(=O)Cc2ccc(F)cc2)cc(OCC)c1OCc1ccc(Cl)cc1. The van der Waals surface area contributed by atoms with Gasteiger partial charge < -0.3 is 9.47 Å². The summed E-state index contributed by atoms with van der Waals surface area (Å²) >= 11 is 5.96. The van der Waals surface area contributed by atoms with Crippen LogP contribution >= 0.6 is 11.6 Å². The minimum absolute atomic E-state index is 0.0982. The first-order chi connectivity index (χ1) is 16.5. The summed E-state index contributed by atoms with van der Waals surface area (Å²) in [5.41, 5.74) is 5.79. The molecule has 0 fully saturated rings. The lowest BCUT2D eigenvalue weighted by atomic mass is 10.1. The maximum absolute atomic E-state index is 13.0. The third-order valence-electron chi connectivity index (χ3n) is 4.80. The van der Waals surface area contributed by atoms with Crippen molar-refractivity contribution in [2.24, 2.45) is 5.10 Å². The number of hydrazone groups is 1. The van der Waals surface area contributed by atoms with Crippen molar-refractivity contribution in [2.45, 2.75) is 26.4 Å². The van der Waals surface area contributed by atoms with Crippen molar-refractivity contribution in [1.82, 2.24) is 5.43 Å². The van der Waals surface area contributed by atoms with Crippen molar-refractivity contribution in [3.05, 3.63) is 106 Å². The molecule has 3 aromatic rings. The Morgan fingerprint density at radius 1 is 1.09 bits per heavy atom. The number of hydrogen-bond donors (Lipinski definition) is 1. The number of halogens is 2. The average Bonchev–Trinajstić information content (AvgIpc) is 2.81. The highest BCUT2D eigenvalue weighted by atomic mass is 35.5. The molecule has 0 aliphatic carbocycles. The van der Waals surface area contributed by atoms with Gasteiger partial charge in [0, 0.05) is 10.6 Å². The number of benzene rings is 3. The summed E-state index contributed by atoms with van der Waals surface area (Å²) in [6, 6.07) is 16.9. The first-order valence-electron chi connectivity index (χ1n) is 10.8. The molecule has 34 heavy (non-hydrogen) atoms. The molecule has 0 aromatic heterocycles. The molecule has 0 bridgehead atoms. The molecule has 0 unspecified atom stereocenters. The van der Waals surface area contributed by atoms with E-state index in [1.165, 1.54) is 12.1 Å². The van der Waals surface area contributed by atoms with Gasteiger partial charge in [-0.05, 0) is 66.4 Å². The van der Waals surface area contributed by atoms with Crippen molar-refractivity contribution in [1.29, 1.82) is 0 Å². The van der Waals surface area contributed by atoms with Crippen LogP contribution in [0.3, 0.4) is 0 Å². The smallest absolute Gasteiger partial charge is 0.244 e. The Bertz CT molecular complexity index is 1150. The van der Waals surface area contributed by atoms with Crippen LogP contribution in [0, 0.1) is 5.82 Å². The predicted octanol–water partition coefficient (Wildman–Crippen LogP) is 5.88. The fraction of sp³-hybridized carbons (Fsp3) is 0.185. The van der Waals surface area contributed by atoms with Gasteiger partial charge in [-0.1, -0.05) is 41.9 Å². The van der Waals surface area contributed by atoms with Gasteiger partial charge in [0.1, 0.15) is 12.4 Å². The van der Waals surface area contributed by atoms with E-state index in [9.17, 15) is 9.18 Å². The standard InChI is InChI=1S/C27H26ClFN2O3/c1-3-5-22-14-21(17-30-31-26(32)16-19-8-12-24(29)13-9-19)15-25(33-4-2)27(22)34-18-20-6-10-23(28)11-7-20/h3,6-15,17H,1,4-5,16,18H2,2H3,(H,31,32)/b30-17+. The Morgan fingerprint density at radius 2 is 1.79 bits per heavy atom. The van der Waals surface area contributed by atoms with E-state index in [0.29, 0.717) is 41.7 Å². The van der Waals surface area contributed by atoms with E-state index in [2.05, 4.69) is 17.1 Å². The Balaban J connectivity index is 1.73. The molecular weight excluding hydrogens is 455 g/mol. The van der Waals surface area contributed by atoms with Crippen LogP contribution in [-0.4, -0.2) is 18.7 Å². The maximum Gasteiger partial charge on any atom is 0.244 e. The summed E-state index contributed by atoms with van der Waals surface area (Å²) in [4.78, 5) is 12.1. The highest BCUT2D eigenvalue weighted by Crippen LogP contribution is 2.34. The van der Waals surface area contributed by atoms with Gasteiger partial charge in [0.05, 0.1) is 19.2 Å². The number of amides is 1. The Labute approximate surface area is 203 Å². The minimum atomic E-state index is -0.344. The van der Waals surface area contributed by atoms with Crippen LogP contribution in [0.1, 0.15) is 29.2 Å². The fourth-order valence-corrected chi connectivity index (χ4v) is 3.36. The molecule has 7 heteroatoms. The van der Waals surface area contributed by atoms with Gasteiger partial charge in [0.25, 0.3) is 0 Å². The van der Waals surface area contributed by atoms with Crippen LogP contribution in [0.25, 0.3) is 0 Å². The van der Waals surface area contributed by atoms with Gasteiger partial charge >= 0.3 is 0 Å². The van der Waals surface area contributed by atoms with E-state index in [1.54, 1.807) is 24.4 Å². The van der Waals surface area contributed by atoms with E-state index in [4.69, 9.17) is 21.1 Å². The summed E-state index contributed by atoms with van der Waals surface area (Å²) in [5.74, 6) is 0.564. The van der Waals surface area contributed by atoms with Crippen molar-refractivity contribution >= 4 is 23.7 Å². The van der Waals surface area contributed by atoms with Gasteiger partial charge in [0.2, 0.25) is 5.91 Å². The lowest BCUT2D eigenvalue weighted by molar-refractivity contribution is -0.120. The first-order valence-corrected chi connectivity index (χ1v) is 11.2. The number of rotatable bonds is 11. The summed E-state index contributed by atoms with van der Waals surface area (Å²) in [6.45, 7) is 6.54. The molecule has 5 nitrogen and oxygen atoms in total. The number of carbonyl (C=O) groups is 1. The van der Waals surface area contributed by atoms with Crippen molar-refractivity contribution in [2.75, 3.05) is 6.61 Å². The molecule has 0 saturated carbocycles. The molecule has 176 valence electrons. The first kappa shape index (κ1) is 25.0. The number of ether oxygens (including phenoxy) is 2. The van der Waals surface area contributed by atoms with Gasteiger partial charge in [-0.15, -0.1) is 6.58 Å². The normalized spacial score (nSPS) is 10.8. The number of carbonyl (C=O) groups excluding carboxylic acids is 1. The zero-order valence-electron chi connectivity index (χ0n) is 18.9. The number of allylic oxidation sites excluding steroid dienone is 1. The maximum atomic E-state index is 13.0. The van der Waals surface area contributed by atoms with Gasteiger partial charge in [-0.2, -0.15) is 5.10 Å². The van der Waals surface area contributed by atoms with Gasteiger partial charge in [-0.25, -0.2) is 9.82 Å². The zero-order chi connectivity index (χ0) is 24.3. The minimum Gasteiger partial charge on any atom is -0.490 e. The van der Waals surface area contributed by atoms with Gasteiger partial charge in [0.15, 0.2) is 11.5 Å². The summed E-state index contributed by atoms with van der Waals surface area (Å²) in [5, 5.41) is 4.72. The third kappa shape index (κ3) is 7.46. The molecular formula is C27H26ClFN2O3. The molecule has 1 N–H and O–H groups in total. The summed E-state index contributed by atoms with van der Waals surface area (Å²) < 4.78 is 25.0. The van der Waals surface area contributed by atoms with Crippen LogP contribution in [0.5, 0.6) is 11.5 Å². The van der Waals surface area contributed by atoms with Crippen molar-refractivity contribution < 1.29 is 18.7 Å². The highest BCUT2D eigenvalue weighted by Gasteiger charge is 2.13. The topological polar surface area (TPSA) is 59.9 Å². The molecule has 3 aromatic carbocycles.